The summed E-state index contributed by atoms with van der Waals surface area (Å²) in [6.07, 6.45) is 0. The molecule has 0 amide bonds. The zero-order valence-corrected chi connectivity index (χ0v) is 18.4. The van der Waals surface area contributed by atoms with Gasteiger partial charge in [0.25, 0.3) is 10.0 Å². The van der Waals surface area contributed by atoms with Gasteiger partial charge in [-0.15, -0.1) is 0 Å². The normalized spacial score (nSPS) is 11.3. The lowest BCUT2D eigenvalue weighted by atomic mass is 10.1. The van der Waals surface area contributed by atoms with Gasteiger partial charge >= 0.3 is 0 Å². The number of para-hydroxylation sites is 1. The Labute approximate surface area is 177 Å². The third kappa shape index (κ3) is 4.26. The van der Waals surface area contributed by atoms with Crippen LogP contribution in [0, 0.1) is 13.8 Å². The van der Waals surface area contributed by atoms with Gasteiger partial charge in [0.2, 0.25) is 5.78 Å². The minimum atomic E-state index is -3.69. The largest absolute Gasteiger partial charge is 0.485 e. The second-order valence-electron chi connectivity index (χ2n) is 7.03. The number of carbonyl (C=O) groups excluding carboxylic acids is 1. The van der Waals surface area contributed by atoms with Crippen molar-refractivity contribution < 1.29 is 17.9 Å². The molecule has 0 saturated heterocycles. The molecule has 0 atom stereocenters. The van der Waals surface area contributed by atoms with Gasteiger partial charge in [0.05, 0.1) is 10.6 Å². The summed E-state index contributed by atoms with van der Waals surface area (Å²) in [5.41, 5.74) is 3.14. The zero-order valence-electron chi connectivity index (χ0n) is 17.6. The molecule has 1 aromatic heterocycles. The first kappa shape index (κ1) is 21.6. The van der Waals surface area contributed by atoms with E-state index in [0.29, 0.717) is 23.5 Å². The van der Waals surface area contributed by atoms with Crippen LogP contribution in [0.2, 0.25) is 0 Å². The Morgan fingerprint density at radius 2 is 1.67 bits per heavy atom. The van der Waals surface area contributed by atoms with Crippen LogP contribution in [0.25, 0.3) is 0 Å². The number of anilines is 1. The maximum atomic E-state index is 13.0. The van der Waals surface area contributed by atoms with Crippen molar-refractivity contribution in [2.24, 2.45) is 7.05 Å². The van der Waals surface area contributed by atoms with Crippen LogP contribution in [0.1, 0.15) is 28.7 Å². The smallest absolute Gasteiger partial charge is 0.264 e. The standard InChI is InChI=1S/C23H26N2O4S/c1-5-25(19-9-7-6-8-10-19)30(27,28)21-13-11-20(12-14-21)29-16-23(26)22-15-17(2)24(4)18(22)3/h6-15H,5,16H2,1-4H3. The van der Waals surface area contributed by atoms with Crippen molar-refractivity contribution in [3.63, 3.8) is 0 Å². The van der Waals surface area contributed by atoms with E-state index in [-0.39, 0.29) is 17.3 Å². The van der Waals surface area contributed by atoms with Crippen LogP contribution in [0.3, 0.4) is 0 Å². The van der Waals surface area contributed by atoms with Gasteiger partial charge in [-0.05, 0) is 63.2 Å². The van der Waals surface area contributed by atoms with E-state index in [1.54, 1.807) is 43.3 Å². The first-order valence-corrected chi connectivity index (χ1v) is 11.2. The van der Waals surface area contributed by atoms with Gasteiger partial charge in [-0.1, -0.05) is 18.2 Å². The molecule has 158 valence electrons. The fraction of sp³-hybridized carbons (Fsp3) is 0.261. The van der Waals surface area contributed by atoms with Gasteiger partial charge in [0.1, 0.15) is 5.75 Å². The van der Waals surface area contributed by atoms with Crippen molar-refractivity contribution in [3.8, 4) is 5.75 Å². The minimum absolute atomic E-state index is 0.110. The number of ether oxygens (including phenoxy) is 1. The summed E-state index contributed by atoms with van der Waals surface area (Å²) in [5, 5.41) is 0. The summed E-state index contributed by atoms with van der Waals surface area (Å²) >= 11 is 0. The molecule has 0 unspecified atom stereocenters. The summed E-state index contributed by atoms with van der Waals surface area (Å²) in [5.74, 6) is 0.324. The van der Waals surface area contributed by atoms with Crippen LogP contribution in [0.4, 0.5) is 5.69 Å². The molecule has 30 heavy (non-hydrogen) atoms. The van der Waals surface area contributed by atoms with E-state index in [0.717, 1.165) is 11.4 Å². The van der Waals surface area contributed by atoms with Crippen molar-refractivity contribution in [2.75, 3.05) is 17.5 Å². The lowest BCUT2D eigenvalue weighted by molar-refractivity contribution is 0.0920. The first-order valence-electron chi connectivity index (χ1n) is 9.72. The van der Waals surface area contributed by atoms with E-state index in [2.05, 4.69) is 0 Å². The molecule has 3 rings (SSSR count). The Balaban J connectivity index is 1.72. The quantitative estimate of drug-likeness (QED) is 0.508. The highest BCUT2D eigenvalue weighted by atomic mass is 32.2. The van der Waals surface area contributed by atoms with Crippen molar-refractivity contribution >= 4 is 21.5 Å². The Bertz CT molecular complexity index is 1130. The topological polar surface area (TPSA) is 68.6 Å². The molecule has 0 N–H and O–H groups in total. The number of hydrogen-bond donors (Lipinski definition) is 0. The van der Waals surface area contributed by atoms with E-state index < -0.39 is 10.0 Å². The molecule has 0 spiro atoms. The number of Topliss-reactive ketones (excluding diaryl/α,β-unsaturated/α-hetero) is 1. The monoisotopic (exact) mass is 426 g/mol. The molecule has 0 radical (unpaired) electrons. The van der Waals surface area contributed by atoms with Crippen molar-refractivity contribution in [3.05, 3.63) is 77.6 Å². The Morgan fingerprint density at radius 3 is 2.20 bits per heavy atom. The number of nitrogens with zero attached hydrogens (tertiary/aromatic N) is 2. The number of ketones is 1. The van der Waals surface area contributed by atoms with Crippen LogP contribution < -0.4 is 9.04 Å². The molecule has 1 heterocycles. The number of benzene rings is 2. The molecule has 6 nitrogen and oxygen atoms in total. The van der Waals surface area contributed by atoms with E-state index in [1.165, 1.54) is 16.4 Å². The molecule has 0 saturated carbocycles. The highest BCUT2D eigenvalue weighted by Gasteiger charge is 2.23. The summed E-state index contributed by atoms with van der Waals surface area (Å²) in [6.45, 7) is 5.84. The van der Waals surface area contributed by atoms with Gasteiger partial charge in [0, 0.05) is 30.5 Å². The van der Waals surface area contributed by atoms with Crippen molar-refractivity contribution in [2.45, 2.75) is 25.7 Å². The molecule has 0 aliphatic carbocycles. The molecule has 0 aliphatic heterocycles. The van der Waals surface area contributed by atoms with Gasteiger partial charge < -0.3 is 9.30 Å². The lowest BCUT2D eigenvalue weighted by Crippen LogP contribution is -2.30. The van der Waals surface area contributed by atoms with Gasteiger partial charge in [-0.25, -0.2) is 8.42 Å². The molecule has 7 heteroatoms. The number of rotatable bonds is 8. The molecule has 2 aromatic carbocycles. The number of sulfonamides is 1. The molecular weight excluding hydrogens is 400 g/mol. The maximum Gasteiger partial charge on any atom is 0.264 e. The van der Waals surface area contributed by atoms with Crippen LogP contribution in [0.5, 0.6) is 5.75 Å². The molecule has 0 aliphatic rings. The van der Waals surface area contributed by atoms with Crippen LogP contribution >= 0.6 is 0 Å². The summed E-state index contributed by atoms with van der Waals surface area (Å²) in [4.78, 5) is 12.6. The number of hydrogen-bond acceptors (Lipinski definition) is 4. The van der Waals surface area contributed by atoms with E-state index >= 15 is 0 Å². The third-order valence-corrected chi connectivity index (χ3v) is 7.11. The average molecular weight is 427 g/mol. The molecule has 0 fully saturated rings. The van der Waals surface area contributed by atoms with E-state index in [4.69, 9.17) is 4.74 Å². The molecule has 0 bridgehead atoms. The summed E-state index contributed by atoms with van der Waals surface area (Å²) in [7, 11) is -1.78. The summed E-state index contributed by atoms with van der Waals surface area (Å²) < 4.78 is 35.0. The zero-order chi connectivity index (χ0) is 21.9. The lowest BCUT2D eigenvalue weighted by Gasteiger charge is -2.23. The predicted molar refractivity (Wildman–Crippen MR) is 118 cm³/mol. The van der Waals surface area contributed by atoms with Crippen LogP contribution in [-0.2, 0) is 17.1 Å². The Hall–Kier alpha value is -3.06. The third-order valence-electron chi connectivity index (χ3n) is 5.19. The summed E-state index contributed by atoms with van der Waals surface area (Å²) in [6, 6.07) is 17.0. The SMILES string of the molecule is CCN(c1ccccc1)S(=O)(=O)c1ccc(OCC(=O)c2cc(C)n(C)c2C)cc1. The minimum Gasteiger partial charge on any atom is -0.485 e. The van der Waals surface area contributed by atoms with Crippen molar-refractivity contribution in [1.82, 2.24) is 4.57 Å². The van der Waals surface area contributed by atoms with Crippen LogP contribution in [-0.4, -0.2) is 31.9 Å². The molecule has 3 aromatic rings. The number of aromatic nitrogens is 1. The second-order valence-corrected chi connectivity index (χ2v) is 8.89. The van der Waals surface area contributed by atoms with Gasteiger partial charge in [-0.3, -0.25) is 9.10 Å². The molecular formula is C23H26N2O4S. The van der Waals surface area contributed by atoms with E-state index in [9.17, 15) is 13.2 Å². The second kappa shape index (κ2) is 8.75. The number of aryl methyl sites for hydroxylation is 1. The predicted octanol–water partition coefficient (Wildman–Crippen LogP) is 4.12. The van der Waals surface area contributed by atoms with Gasteiger partial charge in [0.15, 0.2) is 6.61 Å². The number of carbonyl (C=O) groups is 1. The highest BCUT2D eigenvalue weighted by Crippen LogP contribution is 2.25. The van der Waals surface area contributed by atoms with E-state index in [1.807, 2.05) is 37.6 Å². The van der Waals surface area contributed by atoms with Gasteiger partial charge in [-0.2, -0.15) is 0 Å². The van der Waals surface area contributed by atoms with Crippen LogP contribution in [0.15, 0.2) is 65.6 Å². The maximum absolute atomic E-state index is 13.0. The van der Waals surface area contributed by atoms with Crippen molar-refractivity contribution in [1.29, 1.82) is 0 Å². The Morgan fingerprint density at radius 1 is 1.03 bits per heavy atom. The first-order chi connectivity index (χ1) is 14.3. The highest BCUT2D eigenvalue weighted by molar-refractivity contribution is 7.92. The fourth-order valence-electron chi connectivity index (χ4n) is 3.28. The average Bonchev–Trinajstić information content (AvgIpc) is 3.01. The Kier molecular flexibility index (Phi) is 6.31. The fourth-order valence-corrected chi connectivity index (χ4v) is 4.76.